The van der Waals surface area contributed by atoms with E-state index in [1.54, 1.807) is 12.4 Å². The first-order chi connectivity index (χ1) is 16.8. The van der Waals surface area contributed by atoms with E-state index in [1.165, 1.54) is 0 Å². The minimum atomic E-state index is -0.403. The summed E-state index contributed by atoms with van der Waals surface area (Å²) in [5.74, 6) is 2.20. The van der Waals surface area contributed by atoms with Crippen LogP contribution < -0.4 is 14.8 Å². The van der Waals surface area contributed by atoms with E-state index in [1.807, 2.05) is 72.8 Å². The first-order valence-electron chi connectivity index (χ1n) is 11.0. The lowest BCUT2D eigenvalue weighted by Gasteiger charge is -2.22. The second-order valence-electron chi connectivity index (χ2n) is 8.06. The number of phenolic OH excluding ortho intramolecular Hbond substituents is 1. The van der Waals surface area contributed by atoms with Crippen molar-refractivity contribution in [2.75, 3.05) is 12.1 Å². The van der Waals surface area contributed by atoms with Gasteiger partial charge in [-0.3, -0.25) is 4.98 Å². The maximum Gasteiger partial charge on any atom is 0.231 e. The number of pyridine rings is 2. The van der Waals surface area contributed by atoms with Gasteiger partial charge in [-0.1, -0.05) is 54.6 Å². The average molecular weight is 447 g/mol. The Bertz CT molecular complexity index is 1490. The molecule has 6 heteroatoms. The SMILES string of the molecule is Oc1c(C(Nc2cc(-c3ccccc3)ccn2)c2ccc3c(c2)OCO3)ccc2cccnc12. The van der Waals surface area contributed by atoms with Gasteiger partial charge in [0.25, 0.3) is 0 Å². The smallest absolute Gasteiger partial charge is 0.231 e. The Morgan fingerprint density at radius 3 is 2.56 bits per heavy atom. The lowest BCUT2D eigenvalue weighted by Crippen LogP contribution is -2.14. The fraction of sp³-hybridized carbons (Fsp3) is 0.0714. The number of rotatable bonds is 5. The molecule has 5 aromatic rings. The number of aromatic nitrogens is 2. The van der Waals surface area contributed by atoms with Gasteiger partial charge in [-0.25, -0.2) is 4.98 Å². The predicted octanol–water partition coefficient (Wildman–Crippen LogP) is 5.93. The molecule has 0 aliphatic carbocycles. The number of hydrogen-bond donors (Lipinski definition) is 2. The second-order valence-corrected chi connectivity index (χ2v) is 8.06. The molecule has 2 aromatic heterocycles. The molecule has 0 saturated heterocycles. The summed E-state index contributed by atoms with van der Waals surface area (Å²) in [6, 6.07) is 27.2. The molecule has 0 fully saturated rings. The molecule has 1 atom stereocenters. The summed E-state index contributed by atoms with van der Waals surface area (Å²) in [7, 11) is 0. The van der Waals surface area contributed by atoms with Gasteiger partial charge in [-0.2, -0.15) is 0 Å². The lowest BCUT2D eigenvalue weighted by atomic mass is 9.95. The Balaban J connectivity index is 1.45. The van der Waals surface area contributed by atoms with Crippen LogP contribution in [0.4, 0.5) is 5.82 Å². The summed E-state index contributed by atoms with van der Waals surface area (Å²) in [6.07, 6.45) is 3.46. The Morgan fingerprint density at radius 2 is 1.65 bits per heavy atom. The molecule has 6 rings (SSSR count). The fourth-order valence-corrected chi connectivity index (χ4v) is 4.28. The molecule has 1 aliphatic heterocycles. The van der Waals surface area contributed by atoms with Crippen molar-refractivity contribution in [3.63, 3.8) is 0 Å². The Morgan fingerprint density at radius 1 is 0.765 bits per heavy atom. The van der Waals surface area contributed by atoms with Crippen LogP contribution in [0.3, 0.4) is 0 Å². The largest absolute Gasteiger partial charge is 0.505 e. The van der Waals surface area contributed by atoms with Gasteiger partial charge in [0.1, 0.15) is 17.1 Å². The highest BCUT2D eigenvalue weighted by Crippen LogP contribution is 2.40. The van der Waals surface area contributed by atoms with Crippen molar-refractivity contribution < 1.29 is 14.6 Å². The molecule has 2 N–H and O–H groups in total. The molecule has 0 amide bonds. The molecule has 1 unspecified atom stereocenters. The normalized spacial score (nSPS) is 13.1. The molecule has 0 bridgehead atoms. The van der Waals surface area contributed by atoms with E-state index >= 15 is 0 Å². The van der Waals surface area contributed by atoms with E-state index < -0.39 is 6.04 Å². The Kier molecular flexibility index (Phi) is 4.96. The highest BCUT2D eigenvalue weighted by atomic mass is 16.7. The molecule has 34 heavy (non-hydrogen) atoms. The van der Waals surface area contributed by atoms with Gasteiger partial charge in [0.05, 0.1) is 6.04 Å². The van der Waals surface area contributed by atoms with Crippen molar-refractivity contribution in [3.05, 3.63) is 108 Å². The van der Waals surface area contributed by atoms with E-state index in [0.29, 0.717) is 28.4 Å². The molecular formula is C28H21N3O3. The van der Waals surface area contributed by atoms with Crippen molar-refractivity contribution in [1.82, 2.24) is 9.97 Å². The number of nitrogens with zero attached hydrogens (tertiary/aromatic N) is 2. The zero-order valence-electron chi connectivity index (χ0n) is 18.2. The molecule has 3 heterocycles. The first-order valence-corrected chi connectivity index (χ1v) is 11.0. The van der Waals surface area contributed by atoms with Crippen LogP contribution in [0.15, 0.2) is 97.3 Å². The standard InChI is InChI=1S/C28H21N3O3/c32-28-22(10-8-19-7-4-13-30-27(19)28)26(21-9-11-23-24(15-21)34-17-33-23)31-25-16-20(12-14-29-25)18-5-2-1-3-6-18/h1-16,26,32H,17H2,(H,29,31). The highest BCUT2D eigenvalue weighted by Gasteiger charge is 2.23. The van der Waals surface area contributed by atoms with E-state index in [2.05, 4.69) is 27.4 Å². The van der Waals surface area contributed by atoms with Crippen LogP contribution in [-0.2, 0) is 0 Å². The van der Waals surface area contributed by atoms with Gasteiger partial charge in [0.2, 0.25) is 6.79 Å². The van der Waals surface area contributed by atoms with Gasteiger partial charge >= 0.3 is 0 Å². The maximum absolute atomic E-state index is 11.2. The number of aromatic hydroxyl groups is 1. The summed E-state index contributed by atoms with van der Waals surface area (Å²) in [5, 5.41) is 15.6. The Labute approximate surface area is 196 Å². The summed E-state index contributed by atoms with van der Waals surface area (Å²) in [6.45, 7) is 0.197. The molecule has 0 radical (unpaired) electrons. The van der Waals surface area contributed by atoms with Crippen molar-refractivity contribution in [3.8, 4) is 28.4 Å². The van der Waals surface area contributed by atoms with Gasteiger partial charge in [-0.15, -0.1) is 0 Å². The zero-order valence-corrected chi connectivity index (χ0v) is 18.2. The summed E-state index contributed by atoms with van der Waals surface area (Å²) < 4.78 is 11.1. The number of nitrogens with one attached hydrogen (secondary N) is 1. The van der Waals surface area contributed by atoms with Crippen molar-refractivity contribution >= 4 is 16.7 Å². The lowest BCUT2D eigenvalue weighted by molar-refractivity contribution is 0.174. The van der Waals surface area contributed by atoms with Crippen LogP contribution in [0, 0.1) is 0 Å². The minimum Gasteiger partial charge on any atom is -0.505 e. The van der Waals surface area contributed by atoms with Gasteiger partial charge in [-0.05, 0) is 47.0 Å². The number of fused-ring (bicyclic) bond motifs is 2. The third kappa shape index (κ3) is 3.65. The first kappa shape index (κ1) is 20.1. The summed E-state index contributed by atoms with van der Waals surface area (Å²) >= 11 is 0. The highest BCUT2D eigenvalue weighted by molar-refractivity contribution is 5.86. The van der Waals surface area contributed by atoms with E-state index in [4.69, 9.17) is 9.47 Å². The Hall–Kier alpha value is -4.58. The van der Waals surface area contributed by atoms with Crippen LogP contribution in [0.25, 0.3) is 22.0 Å². The van der Waals surface area contributed by atoms with Gasteiger partial charge in [0.15, 0.2) is 11.5 Å². The maximum atomic E-state index is 11.2. The summed E-state index contributed by atoms with van der Waals surface area (Å²) in [5.41, 5.74) is 4.30. The molecule has 1 aliphatic rings. The van der Waals surface area contributed by atoms with Crippen LogP contribution >= 0.6 is 0 Å². The van der Waals surface area contributed by atoms with Crippen molar-refractivity contribution in [1.29, 1.82) is 0 Å². The van der Waals surface area contributed by atoms with Crippen LogP contribution in [0.5, 0.6) is 17.2 Å². The number of phenols is 1. The zero-order chi connectivity index (χ0) is 22.9. The number of benzene rings is 3. The molecular weight excluding hydrogens is 426 g/mol. The van der Waals surface area contributed by atoms with Crippen molar-refractivity contribution in [2.45, 2.75) is 6.04 Å². The third-order valence-electron chi connectivity index (χ3n) is 5.98. The average Bonchev–Trinajstić information content (AvgIpc) is 3.37. The molecule has 3 aromatic carbocycles. The van der Waals surface area contributed by atoms with E-state index in [9.17, 15) is 5.11 Å². The van der Waals surface area contributed by atoms with Gasteiger partial charge in [0, 0.05) is 23.3 Å². The van der Waals surface area contributed by atoms with Crippen molar-refractivity contribution in [2.24, 2.45) is 0 Å². The fourth-order valence-electron chi connectivity index (χ4n) is 4.28. The molecule has 0 spiro atoms. The quantitative estimate of drug-likeness (QED) is 0.348. The second kappa shape index (κ2) is 8.41. The topological polar surface area (TPSA) is 76.5 Å². The number of ether oxygens (including phenoxy) is 2. The van der Waals surface area contributed by atoms with Crippen LogP contribution in [0.1, 0.15) is 17.2 Å². The summed E-state index contributed by atoms with van der Waals surface area (Å²) in [4.78, 5) is 8.95. The monoisotopic (exact) mass is 447 g/mol. The van der Waals surface area contributed by atoms with Crippen LogP contribution in [0.2, 0.25) is 0 Å². The van der Waals surface area contributed by atoms with Gasteiger partial charge < -0.3 is 19.9 Å². The molecule has 166 valence electrons. The third-order valence-corrected chi connectivity index (χ3v) is 5.98. The minimum absolute atomic E-state index is 0.132. The molecule has 0 saturated carbocycles. The van der Waals surface area contributed by atoms with E-state index in [0.717, 1.165) is 22.1 Å². The molecule has 6 nitrogen and oxygen atoms in total. The van der Waals surface area contributed by atoms with E-state index in [-0.39, 0.29) is 12.5 Å². The number of hydrogen-bond acceptors (Lipinski definition) is 6. The van der Waals surface area contributed by atoms with Crippen LogP contribution in [-0.4, -0.2) is 21.9 Å². The predicted molar refractivity (Wildman–Crippen MR) is 131 cm³/mol. The number of anilines is 1.